The number of nitrogens with one attached hydrogen (secondary N) is 1. The van der Waals surface area contributed by atoms with Gasteiger partial charge in [-0.15, -0.1) is 0 Å². The van der Waals surface area contributed by atoms with E-state index in [2.05, 4.69) is 5.32 Å². The van der Waals surface area contributed by atoms with Crippen molar-refractivity contribution < 1.29 is 9.53 Å². The lowest BCUT2D eigenvalue weighted by atomic mass is 9.95. The van der Waals surface area contributed by atoms with Gasteiger partial charge in [-0.2, -0.15) is 0 Å². The third-order valence-corrected chi connectivity index (χ3v) is 4.26. The second kappa shape index (κ2) is 5.83. The molecule has 108 valence electrons. The first-order chi connectivity index (χ1) is 9.74. The van der Waals surface area contributed by atoms with Crippen molar-refractivity contribution in [2.45, 2.75) is 25.3 Å². The lowest BCUT2D eigenvalue weighted by molar-refractivity contribution is -0.135. The Hall–Kier alpha value is -1.55. The highest BCUT2D eigenvalue weighted by molar-refractivity contribution is 5.79. The van der Waals surface area contributed by atoms with E-state index in [1.807, 2.05) is 36.2 Å². The van der Waals surface area contributed by atoms with Gasteiger partial charge in [-0.25, -0.2) is 0 Å². The normalized spacial score (nSPS) is 24.9. The van der Waals surface area contributed by atoms with E-state index in [0.29, 0.717) is 12.6 Å². The van der Waals surface area contributed by atoms with E-state index in [1.165, 1.54) is 12.8 Å². The van der Waals surface area contributed by atoms with Gasteiger partial charge in [0.25, 0.3) is 0 Å². The second-order valence-electron chi connectivity index (χ2n) is 5.83. The summed E-state index contributed by atoms with van der Waals surface area (Å²) in [7, 11) is 1.91. The van der Waals surface area contributed by atoms with Crippen LogP contribution in [0.5, 0.6) is 5.75 Å². The smallest absolute Gasteiger partial charge is 0.229 e. The molecule has 3 rings (SSSR count). The Morgan fingerprint density at radius 1 is 1.45 bits per heavy atom. The molecule has 4 heteroatoms. The predicted octanol–water partition coefficient (Wildman–Crippen LogP) is 1.45. The molecule has 1 aromatic rings. The topological polar surface area (TPSA) is 41.6 Å². The number of fused-ring (bicyclic) bond motifs is 1. The molecule has 0 spiro atoms. The number of carbonyl (C=O) groups excluding carboxylic acids is 1. The molecule has 0 aromatic heterocycles. The molecule has 1 N–H and O–H groups in total. The van der Waals surface area contributed by atoms with E-state index in [0.717, 1.165) is 30.8 Å². The van der Waals surface area contributed by atoms with Crippen molar-refractivity contribution in [2.75, 3.05) is 26.7 Å². The van der Waals surface area contributed by atoms with Gasteiger partial charge in [0.2, 0.25) is 5.91 Å². The quantitative estimate of drug-likeness (QED) is 0.907. The molecule has 20 heavy (non-hydrogen) atoms. The zero-order chi connectivity index (χ0) is 13.9. The van der Waals surface area contributed by atoms with Crippen molar-refractivity contribution >= 4 is 5.91 Å². The van der Waals surface area contributed by atoms with Crippen LogP contribution in [0.3, 0.4) is 0 Å². The number of ether oxygens (including phenoxy) is 1. The van der Waals surface area contributed by atoms with Crippen molar-refractivity contribution in [3.05, 3.63) is 29.8 Å². The minimum absolute atomic E-state index is 0.0451. The third-order valence-electron chi connectivity index (χ3n) is 4.26. The maximum atomic E-state index is 12.5. The van der Waals surface area contributed by atoms with Crippen LogP contribution in [-0.2, 0) is 11.2 Å². The van der Waals surface area contributed by atoms with Gasteiger partial charge in [-0.1, -0.05) is 18.2 Å². The standard InChI is InChI=1S/C16H22N2O2/c1-18(10-14-6-4-8-17-14)16(19)13-9-12-5-2-3-7-15(12)20-11-13/h2-3,5,7,13-14,17H,4,6,8-11H2,1H3. The van der Waals surface area contributed by atoms with Crippen LogP contribution in [0.4, 0.5) is 0 Å². The minimum Gasteiger partial charge on any atom is -0.492 e. The fourth-order valence-electron chi connectivity index (χ4n) is 3.13. The Morgan fingerprint density at radius 3 is 3.10 bits per heavy atom. The van der Waals surface area contributed by atoms with Crippen LogP contribution in [0.2, 0.25) is 0 Å². The summed E-state index contributed by atoms with van der Waals surface area (Å²) >= 11 is 0. The number of hydrogen-bond donors (Lipinski definition) is 1. The molecule has 1 aromatic carbocycles. The zero-order valence-corrected chi connectivity index (χ0v) is 12.0. The van der Waals surface area contributed by atoms with Crippen molar-refractivity contribution in [2.24, 2.45) is 5.92 Å². The molecule has 2 heterocycles. The third kappa shape index (κ3) is 2.80. The summed E-state index contributed by atoms with van der Waals surface area (Å²) in [4.78, 5) is 14.4. The van der Waals surface area contributed by atoms with Crippen LogP contribution in [0.15, 0.2) is 24.3 Å². The fourth-order valence-corrected chi connectivity index (χ4v) is 3.13. The average molecular weight is 274 g/mol. The van der Waals surface area contributed by atoms with Gasteiger partial charge >= 0.3 is 0 Å². The van der Waals surface area contributed by atoms with E-state index in [1.54, 1.807) is 0 Å². The van der Waals surface area contributed by atoms with Crippen LogP contribution < -0.4 is 10.1 Å². The molecule has 2 atom stereocenters. The number of carbonyl (C=O) groups is 1. The van der Waals surface area contributed by atoms with E-state index in [4.69, 9.17) is 4.74 Å². The molecule has 0 aliphatic carbocycles. The van der Waals surface area contributed by atoms with Gasteiger partial charge in [0.15, 0.2) is 0 Å². The van der Waals surface area contributed by atoms with Crippen molar-refractivity contribution in [1.82, 2.24) is 10.2 Å². The number of para-hydroxylation sites is 1. The molecule has 0 saturated carbocycles. The van der Waals surface area contributed by atoms with E-state index in [9.17, 15) is 4.79 Å². The molecular weight excluding hydrogens is 252 g/mol. The number of benzene rings is 1. The van der Waals surface area contributed by atoms with Crippen LogP contribution >= 0.6 is 0 Å². The summed E-state index contributed by atoms with van der Waals surface area (Å²) in [6.45, 7) is 2.38. The van der Waals surface area contributed by atoms with Crippen molar-refractivity contribution in [3.8, 4) is 5.75 Å². The Labute approximate surface area is 120 Å². The van der Waals surface area contributed by atoms with Gasteiger partial charge in [-0.3, -0.25) is 4.79 Å². The maximum absolute atomic E-state index is 12.5. The largest absolute Gasteiger partial charge is 0.492 e. The van der Waals surface area contributed by atoms with E-state index >= 15 is 0 Å². The first-order valence-corrected chi connectivity index (χ1v) is 7.43. The van der Waals surface area contributed by atoms with Crippen LogP contribution in [-0.4, -0.2) is 43.6 Å². The highest BCUT2D eigenvalue weighted by atomic mass is 16.5. The Bertz CT molecular complexity index is 483. The first-order valence-electron chi connectivity index (χ1n) is 7.43. The number of likely N-dealkylation sites (N-methyl/N-ethyl adjacent to an activating group) is 1. The number of amides is 1. The Kier molecular flexibility index (Phi) is 3.92. The number of hydrogen-bond acceptors (Lipinski definition) is 3. The summed E-state index contributed by atoms with van der Waals surface area (Å²) in [5.41, 5.74) is 1.14. The van der Waals surface area contributed by atoms with Crippen LogP contribution in [0, 0.1) is 5.92 Å². The summed E-state index contributed by atoms with van der Waals surface area (Å²) in [6, 6.07) is 8.45. The number of rotatable bonds is 3. The SMILES string of the molecule is CN(CC1CCCN1)C(=O)C1COc2ccccc2C1. The summed E-state index contributed by atoms with van der Waals surface area (Å²) in [6.07, 6.45) is 3.17. The molecule has 0 radical (unpaired) electrons. The van der Waals surface area contributed by atoms with Gasteiger partial charge in [0, 0.05) is 19.6 Å². The zero-order valence-electron chi connectivity index (χ0n) is 12.0. The summed E-state index contributed by atoms with van der Waals surface area (Å²) in [5.74, 6) is 1.08. The highest BCUT2D eigenvalue weighted by Crippen LogP contribution is 2.27. The molecule has 1 amide bonds. The molecule has 4 nitrogen and oxygen atoms in total. The molecule has 2 aliphatic heterocycles. The molecular formula is C16H22N2O2. The Balaban J connectivity index is 1.60. The minimum atomic E-state index is -0.0451. The maximum Gasteiger partial charge on any atom is 0.229 e. The van der Waals surface area contributed by atoms with Crippen molar-refractivity contribution in [3.63, 3.8) is 0 Å². The molecule has 1 saturated heterocycles. The van der Waals surface area contributed by atoms with Crippen LogP contribution in [0.25, 0.3) is 0 Å². The molecule has 2 aliphatic rings. The summed E-state index contributed by atoms with van der Waals surface area (Å²) in [5, 5.41) is 3.44. The molecule has 2 unspecified atom stereocenters. The highest BCUT2D eigenvalue weighted by Gasteiger charge is 2.29. The van der Waals surface area contributed by atoms with Gasteiger partial charge < -0.3 is 15.0 Å². The average Bonchev–Trinajstić information content (AvgIpc) is 2.99. The predicted molar refractivity (Wildman–Crippen MR) is 77.8 cm³/mol. The van der Waals surface area contributed by atoms with Crippen LogP contribution in [0.1, 0.15) is 18.4 Å². The van der Waals surface area contributed by atoms with Gasteiger partial charge in [-0.05, 0) is 37.4 Å². The lowest BCUT2D eigenvalue weighted by Gasteiger charge is -2.29. The van der Waals surface area contributed by atoms with E-state index < -0.39 is 0 Å². The van der Waals surface area contributed by atoms with Gasteiger partial charge in [0.05, 0.1) is 5.92 Å². The monoisotopic (exact) mass is 274 g/mol. The molecule has 1 fully saturated rings. The first kappa shape index (κ1) is 13.4. The second-order valence-corrected chi connectivity index (χ2v) is 5.83. The van der Waals surface area contributed by atoms with Gasteiger partial charge in [0.1, 0.15) is 12.4 Å². The lowest BCUT2D eigenvalue weighted by Crippen LogP contribution is -2.44. The fraction of sp³-hybridized carbons (Fsp3) is 0.562. The van der Waals surface area contributed by atoms with E-state index in [-0.39, 0.29) is 11.8 Å². The molecule has 0 bridgehead atoms. The Morgan fingerprint density at radius 2 is 2.30 bits per heavy atom. The number of nitrogens with zero attached hydrogens (tertiary/aromatic N) is 1. The van der Waals surface area contributed by atoms with Crippen molar-refractivity contribution in [1.29, 1.82) is 0 Å². The summed E-state index contributed by atoms with van der Waals surface area (Å²) < 4.78 is 5.71.